The molecule has 1 unspecified atom stereocenters. The molecule has 0 aliphatic carbocycles. The molecule has 25 heavy (non-hydrogen) atoms. The molecule has 0 aromatic carbocycles. The predicted octanol–water partition coefficient (Wildman–Crippen LogP) is 0.426. The Morgan fingerprint density at radius 3 is 2.92 bits per heavy atom. The van der Waals surface area contributed by atoms with E-state index in [1.807, 2.05) is 4.57 Å². The maximum absolute atomic E-state index is 11.3. The van der Waals surface area contributed by atoms with Gasteiger partial charge in [0, 0.05) is 26.2 Å². The van der Waals surface area contributed by atoms with Crippen LogP contribution in [-0.2, 0) is 20.6 Å². The number of hydrogen-bond acceptors (Lipinski definition) is 7. The Morgan fingerprint density at radius 2 is 2.24 bits per heavy atom. The average Bonchev–Trinajstić information content (AvgIpc) is 2.97. The molecule has 1 aliphatic heterocycles. The molecule has 0 saturated heterocycles. The summed E-state index contributed by atoms with van der Waals surface area (Å²) in [5.41, 5.74) is 0.180. The van der Waals surface area contributed by atoms with E-state index in [-0.39, 0.29) is 25.1 Å². The Hall–Kier alpha value is -1.45. The first-order valence-corrected chi connectivity index (χ1v) is 9.85. The first-order valence-electron chi connectivity index (χ1n) is 7.61. The largest absolute Gasteiger partial charge is 0.469 e. The minimum atomic E-state index is -4.11. The number of carbonyl (C=O) groups excluding carboxylic acids is 1. The number of fused-ring (bicyclic) bond motifs is 1. The third-order valence-electron chi connectivity index (χ3n) is 3.71. The molecule has 2 heterocycles. The second-order valence-corrected chi connectivity index (χ2v) is 7.70. The zero-order valence-electron chi connectivity index (χ0n) is 13.7. The standard InChI is InChI=1S/C13H21ClN5O5P/c1-24-10(20)2-3-18(6-7-25(21,22)23)4-5-19-9-17-11-12(14)15-8-16-13(11)19/h8-9,12H,2-7H2,1H3,(H,15,16)(H2,21,22,23). The minimum Gasteiger partial charge on any atom is -0.469 e. The quantitative estimate of drug-likeness (QED) is 0.238. The Morgan fingerprint density at radius 1 is 1.48 bits per heavy atom. The van der Waals surface area contributed by atoms with Crippen molar-refractivity contribution in [2.75, 3.05) is 32.9 Å². The normalized spacial score (nSPS) is 16.6. The maximum Gasteiger partial charge on any atom is 0.326 e. The molecular weight excluding hydrogens is 373 g/mol. The van der Waals surface area contributed by atoms with Crippen LogP contribution in [0, 0.1) is 0 Å². The lowest BCUT2D eigenvalue weighted by Crippen LogP contribution is -2.32. The molecule has 0 fully saturated rings. The number of carbonyl (C=O) groups is 1. The van der Waals surface area contributed by atoms with Crippen LogP contribution < -0.4 is 5.32 Å². The highest BCUT2D eigenvalue weighted by molar-refractivity contribution is 7.51. The molecule has 0 saturated carbocycles. The summed E-state index contributed by atoms with van der Waals surface area (Å²) in [7, 11) is -2.81. The molecule has 140 valence electrons. The van der Waals surface area contributed by atoms with Gasteiger partial charge in [-0.2, -0.15) is 0 Å². The van der Waals surface area contributed by atoms with E-state index in [0.717, 1.165) is 0 Å². The van der Waals surface area contributed by atoms with E-state index in [0.29, 0.717) is 31.1 Å². The summed E-state index contributed by atoms with van der Waals surface area (Å²) in [4.78, 5) is 39.7. The monoisotopic (exact) mass is 393 g/mol. The topological polar surface area (TPSA) is 129 Å². The van der Waals surface area contributed by atoms with E-state index >= 15 is 0 Å². The molecule has 1 aliphatic rings. The summed E-state index contributed by atoms with van der Waals surface area (Å²) in [5, 5.41) is 2.84. The maximum atomic E-state index is 11.3. The van der Waals surface area contributed by atoms with Crippen LogP contribution in [0.1, 0.15) is 17.6 Å². The van der Waals surface area contributed by atoms with Crippen molar-refractivity contribution in [1.29, 1.82) is 0 Å². The van der Waals surface area contributed by atoms with Crippen molar-refractivity contribution in [3.05, 3.63) is 12.0 Å². The molecule has 3 N–H and O–H groups in total. The van der Waals surface area contributed by atoms with Gasteiger partial charge in [-0.05, 0) is 0 Å². The van der Waals surface area contributed by atoms with Gasteiger partial charge in [-0.25, -0.2) is 9.98 Å². The van der Waals surface area contributed by atoms with Crippen LogP contribution in [0.5, 0.6) is 0 Å². The molecule has 12 heteroatoms. The molecule has 1 aromatic rings. The number of aromatic nitrogens is 2. The van der Waals surface area contributed by atoms with Gasteiger partial charge in [-0.15, -0.1) is 0 Å². The summed E-state index contributed by atoms with van der Waals surface area (Å²) < 4.78 is 17.5. The van der Waals surface area contributed by atoms with E-state index < -0.39 is 13.1 Å². The Balaban J connectivity index is 1.97. The zero-order chi connectivity index (χ0) is 18.4. The summed E-state index contributed by atoms with van der Waals surface area (Å²) in [6, 6.07) is 0. The first-order chi connectivity index (χ1) is 11.8. The SMILES string of the molecule is COC(=O)CCN(CCn1cnc2c1N=CNC2Cl)CCP(=O)(O)O. The third kappa shape index (κ3) is 6.09. The van der Waals surface area contributed by atoms with Crippen LogP contribution >= 0.6 is 19.2 Å². The average molecular weight is 394 g/mol. The highest BCUT2D eigenvalue weighted by Gasteiger charge is 2.21. The van der Waals surface area contributed by atoms with Gasteiger partial charge in [0.15, 0.2) is 5.82 Å². The molecule has 0 radical (unpaired) electrons. The fourth-order valence-corrected chi connectivity index (χ4v) is 3.08. The fourth-order valence-electron chi connectivity index (χ4n) is 2.32. The number of methoxy groups -OCH3 is 1. The van der Waals surface area contributed by atoms with E-state index in [2.05, 4.69) is 20.0 Å². The highest BCUT2D eigenvalue weighted by Crippen LogP contribution is 2.33. The summed E-state index contributed by atoms with van der Waals surface area (Å²) >= 11 is 6.10. The van der Waals surface area contributed by atoms with Gasteiger partial charge in [0.2, 0.25) is 0 Å². The van der Waals surface area contributed by atoms with E-state index in [9.17, 15) is 9.36 Å². The molecule has 0 spiro atoms. The smallest absolute Gasteiger partial charge is 0.326 e. The minimum absolute atomic E-state index is 0.144. The van der Waals surface area contributed by atoms with Gasteiger partial charge in [-0.3, -0.25) is 9.36 Å². The number of imidazole rings is 1. The molecule has 10 nitrogen and oxygen atoms in total. The van der Waals surface area contributed by atoms with Crippen molar-refractivity contribution >= 4 is 37.3 Å². The van der Waals surface area contributed by atoms with Crippen LogP contribution in [0.2, 0.25) is 0 Å². The lowest BCUT2D eigenvalue weighted by atomic mass is 10.3. The van der Waals surface area contributed by atoms with Gasteiger partial charge in [-0.1, -0.05) is 11.6 Å². The Bertz CT molecular complexity index is 676. The molecule has 0 amide bonds. The summed E-state index contributed by atoms with van der Waals surface area (Å²) in [5.74, 6) is 0.267. The molecular formula is C13H21ClN5O5P. The van der Waals surface area contributed by atoms with Gasteiger partial charge in [0.05, 0.1) is 32.4 Å². The van der Waals surface area contributed by atoms with Crippen molar-refractivity contribution in [2.45, 2.75) is 18.5 Å². The van der Waals surface area contributed by atoms with Crippen LogP contribution in [0.25, 0.3) is 0 Å². The number of alkyl halides is 1. The van der Waals surface area contributed by atoms with E-state index in [1.54, 1.807) is 11.2 Å². The lowest BCUT2D eigenvalue weighted by Gasteiger charge is -2.22. The van der Waals surface area contributed by atoms with Crippen molar-refractivity contribution in [3.8, 4) is 0 Å². The van der Waals surface area contributed by atoms with Gasteiger partial charge in [0.25, 0.3) is 0 Å². The van der Waals surface area contributed by atoms with Crippen molar-refractivity contribution in [1.82, 2.24) is 19.8 Å². The van der Waals surface area contributed by atoms with Crippen LogP contribution in [0.3, 0.4) is 0 Å². The number of rotatable bonds is 9. The molecule has 1 atom stereocenters. The predicted molar refractivity (Wildman–Crippen MR) is 92.1 cm³/mol. The van der Waals surface area contributed by atoms with Gasteiger partial charge in [0.1, 0.15) is 11.2 Å². The molecule has 0 bridgehead atoms. The number of ether oxygens (including phenoxy) is 1. The second kappa shape index (κ2) is 8.77. The number of esters is 1. The summed E-state index contributed by atoms with van der Waals surface area (Å²) in [6.45, 7) is 1.47. The van der Waals surface area contributed by atoms with Crippen LogP contribution in [0.15, 0.2) is 11.3 Å². The van der Waals surface area contributed by atoms with E-state index in [1.165, 1.54) is 13.4 Å². The number of hydrogen-bond donors (Lipinski definition) is 3. The van der Waals surface area contributed by atoms with Crippen molar-refractivity contribution in [2.24, 2.45) is 4.99 Å². The van der Waals surface area contributed by atoms with Gasteiger partial charge < -0.3 is 29.3 Å². The van der Waals surface area contributed by atoms with Crippen LogP contribution in [0.4, 0.5) is 5.82 Å². The van der Waals surface area contributed by atoms with Crippen molar-refractivity contribution in [3.63, 3.8) is 0 Å². The highest BCUT2D eigenvalue weighted by atomic mass is 35.5. The van der Waals surface area contributed by atoms with E-state index in [4.69, 9.17) is 21.4 Å². The number of nitrogens with zero attached hydrogens (tertiary/aromatic N) is 4. The Labute approximate surface area is 150 Å². The van der Waals surface area contributed by atoms with Crippen molar-refractivity contribution < 1.29 is 23.9 Å². The number of aliphatic imine (C=N–C) groups is 1. The third-order valence-corrected chi connectivity index (χ3v) is 4.82. The number of nitrogens with one attached hydrogen (secondary N) is 1. The second-order valence-electron chi connectivity index (χ2n) is 5.49. The van der Waals surface area contributed by atoms with Crippen LogP contribution in [-0.4, -0.2) is 69.5 Å². The van der Waals surface area contributed by atoms with Gasteiger partial charge >= 0.3 is 13.6 Å². The lowest BCUT2D eigenvalue weighted by molar-refractivity contribution is -0.140. The molecule has 1 aromatic heterocycles. The first kappa shape index (κ1) is 19.9. The Kier molecular flexibility index (Phi) is 6.97. The summed E-state index contributed by atoms with van der Waals surface area (Å²) in [6.07, 6.45) is 2.99. The number of halogens is 1. The zero-order valence-corrected chi connectivity index (χ0v) is 15.4. The fraction of sp³-hybridized carbons (Fsp3) is 0.615. The molecule has 2 rings (SSSR count).